The Hall–Kier alpha value is -5.60. The molecule has 0 amide bonds. The van der Waals surface area contributed by atoms with Gasteiger partial charge in [-0.15, -0.1) is 0 Å². The minimum absolute atomic E-state index is 0.106. The van der Waals surface area contributed by atoms with Gasteiger partial charge >= 0.3 is 0 Å². The van der Waals surface area contributed by atoms with Crippen LogP contribution in [0.3, 0.4) is 0 Å². The molecular weight excluding hydrogens is 641 g/mol. The number of anilines is 4. The normalized spacial score (nSPS) is 17.4. The van der Waals surface area contributed by atoms with Gasteiger partial charge in [0.05, 0.1) is 5.69 Å². The molecule has 0 bridgehead atoms. The van der Waals surface area contributed by atoms with Crippen molar-refractivity contribution in [1.29, 1.82) is 0 Å². The van der Waals surface area contributed by atoms with Gasteiger partial charge in [0.15, 0.2) is 0 Å². The Bertz CT molecular complexity index is 2460. The van der Waals surface area contributed by atoms with Crippen molar-refractivity contribution in [3.8, 4) is 0 Å². The number of rotatable bonds is 5. The number of aryl methyl sites for hydroxylation is 1. The zero-order valence-corrected chi connectivity index (χ0v) is 30.9. The van der Waals surface area contributed by atoms with Crippen LogP contribution in [0.2, 0.25) is 0 Å². The van der Waals surface area contributed by atoms with Gasteiger partial charge in [-0.3, -0.25) is 0 Å². The third-order valence-corrected chi connectivity index (χ3v) is 12.7. The molecule has 2 heterocycles. The van der Waals surface area contributed by atoms with Crippen molar-refractivity contribution < 1.29 is 0 Å². The summed E-state index contributed by atoms with van der Waals surface area (Å²) in [4.78, 5) is 5.04. The van der Waals surface area contributed by atoms with E-state index < -0.39 is 0 Å². The molecule has 2 aliphatic carbocycles. The van der Waals surface area contributed by atoms with Crippen molar-refractivity contribution in [2.45, 2.75) is 64.2 Å². The van der Waals surface area contributed by atoms with E-state index in [1.165, 1.54) is 122 Å². The number of benzene rings is 6. The first kappa shape index (κ1) is 32.1. The fourth-order valence-corrected chi connectivity index (χ4v) is 10.2. The highest BCUT2D eigenvalue weighted by atomic mass is 15.2. The molecule has 6 aromatic carbocycles. The van der Waals surface area contributed by atoms with Gasteiger partial charge in [0, 0.05) is 46.5 Å². The monoisotopic (exact) mass is 686 g/mol. The number of fused-ring (bicyclic) bond motifs is 6. The maximum absolute atomic E-state index is 2.57. The maximum atomic E-state index is 2.57. The largest absolute Gasteiger partial charge is 0.345 e. The number of hydrogen-bond acceptors (Lipinski definition) is 2. The van der Waals surface area contributed by atoms with E-state index in [1.807, 2.05) is 0 Å². The maximum Gasteiger partial charge on any atom is 0.0540 e. The van der Waals surface area contributed by atoms with Gasteiger partial charge in [0.2, 0.25) is 0 Å². The summed E-state index contributed by atoms with van der Waals surface area (Å²) in [7, 11) is 0. The third-order valence-electron chi connectivity index (χ3n) is 12.7. The Morgan fingerprint density at radius 1 is 0.623 bits per heavy atom. The zero-order chi connectivity index (χ0) is 35.5. The highest BCUT2D eigenvalue weighted by molar-refractivity contribution is 6.04. The molecule has 53 heavy (non-hydrogen) atoms. The minimum atomic E-state index is 0.106. The molecule has 0 unspecified atom stereocenters. The molecule has 1 fully saturated rings. The van der Waals surface area contributed by atoms with E-state index in [-0.39, 0.29) is 5.41 Å². The Morgan fingerprint density at radius 2 is 1.28 bits per heavy atom. The molecule has 2 nitrogen and oxygen atoms in total. The predicted octanol–water partition coefficient (Wildman–Crippen LogP) is 13.3. The number of nitrogens with zero attached hydrogens (tertiary/aromatic N) is 2. The quantitative estimate of drug-likeness (QED) is 0.166. The topological polar surface area (TPSA) is 6.48 Å². The van der Waals surface area contributed by atoms with Crippen LogP contribution in [-0.4, -0.2) is 6.54 Å². The summed E-state index contributed by atoms with van der Waals surface area (Å²) in [6.07, 6.45) is 15.6. The van der Waals surface area contributed by atoms with Crippen LogP contribution in [0, 0.1) is 0 Å². The average molecular weight is 687 g/mol. The summed E-state index contributed by atoms with van der Waals surface area (Å²) < 4.78 is 0. The molecule has 0 atom stereocenters. The van der Waals surface area contributed by atoms with Gasteiger partial charge in [0.25, 0.3) is 0 Å². The molecular formula is C51H46N2. The second kappa shape index (κ2) is 12.8. The highest BCUT2D eigenvalue weighted by Crippen LogP contribution is 2.56. The van der Waals surface area contributed by atoms with Crippen LogP contribution in [0.1, 0.15) is 84.9 Å². The summed E-state index contributed by atoms with van der Waals surface area (Å²) in [5.41, 5.74) is 19.4. The number of hydrogen-bond donors (Lipinski definition) is 0. The van der Waals surface area contributed by atoms with Gasteiger partial charge < -0.3 is 9.80 Å². The molecule has 6 aromatic rings. The first-order valence-corrected chi connectivity index (χ1v) is 19.6. The zero-order valence-electron chi connectivity index (χ0n) is 30.9. The third kappa shape index (κ3) is 5.22. The first-order valence-electron chi connectivity index (χ1n) is 19.6. The van der Waals surface area contributed by atoms with Crippen molar-refractivity contribution in [1.82, 2.24) is 0 Å². The van der Waals surface area contributed by atoms with E-state index in [0.29, 0.717) is 0 Å². The standard InChI is InChI=1S/C51H46N2/c1-35(52-31-13-17-39-14-3-8-20-47(39)52)32-45-36(2)42-27-24-37(33-46(42)51(45)29-11-12-30-51)23-25-38-26-28-50(44-19-7-6-18-43(38)44)53-48-21-9-4-15-40(48)34-41-16-5-10-22-49(41)53/h3-10,14-16,18-28,32-33H,11-13,17,29-31,34H2,1-2H3. The lowest BCUT2D eigenvalue weighted by Crippen LogP contribution is -2.28. The molecule has 0 radical (unpaired) electrons. The van der Waals surface area contributed by atoms with Crippen LogP contribution in [-0.2, 0) is 18.3 Å². The van der Waals surface area contributed by atoms with Crippen molar-refractivity contribution in [2.75, 3.05) is 16.3 Å². The van der Waals surface area contributed by atoms with Crippen LogP contribution in [0.25, 0.3) is 28.5 Å². The molecule has 1 spiro atoms. The summed E-state index contributed by atoms with van der Waals surface area (Å²) >= 11 is 0. The van der Waals surface area contributed by atoms with E-state index in [2.05, 4.69) is 169 Å². The smallest absolute Gasteiger partial charge is 0.0540 e. The van der Waals surface area contributed by atoms with E-state index in [4.69, 9.17) is 0 Å². The molecule has 10 rings (SSSR count). The fourth-order valence-electron chi connectivity index (χ4n) is 10.2. The van der Waals surface area contributed by atoms with E-state index in [1.54, 1.807) is 5.57 Å². The molecule has 1 saturated carbocycles. The Labute approximate surface area is 314 Å². The molecule has 0 aromatic heterocycles. The molecule has 2 heteroatoms. The minimum Gasteiger partial charge on any atom is -0.345 e. The van der Waals surface area contributed by atoms with Crippen LogP contribution in [0.15, 0.2) is 145 Å². The van der Waals surface area contributed by atoms with Gasteiger partial charge in [-0.25, -0.2) is 0 Å². The molecule has 4 aliphatic rings. The second-order valence-corrected chi connectivity index (χ2v) is 15.6. The summed E-state index contributed by atoms with van der Waals surface area (Å²) in [5, 5.41) is 2.54. The van der Waals surface area contributed by atoms with Gasteiger partial charge in [0.1, 0.15) is 0 Å². The van der Waals surface area contributed by atoms with E-state index >= 15 is 0 Å². The fraction of sp³-hybridized carbons (Fsp3) is 0.216. The van der Waals surface area contributed by atoms with Crippen molar-refractivity contribution >= 4 is 51.2 Å². The Kier molecular flexibility index (Phi) is 7.76. The summed E-state index contributed by atoms with van der Waals surface area (Å²) in [6, 6.07) is 47.6. The first-order chi connectivity index (χ1) is 26.1. The Balaban J connectivity index is 1.00. The lowest BCUT2D eigenvalue weighted by Gasteiger charge is -2.34. The van der Waals surface area contributed by atoms with Crippen molar-refractivity contribution in [3.63, 3.8) is 0 Å². The van der Waals surface area contributed by atoms with Crippen LogP contribution < -0.4 is 9.80 Å². The van der Waals surface area contributed by atoms with E-state index in [0.717, 1.165) is 13.0 Å². The molecule has 0 saturated heterocycles. The lowest BCUT2D eigenvalue weighted by molar-refractivity contribution is 0.543. The highest BCUT2D eigenvalue weighted by Gasteiger charge is 2.45. The average Bonchev–Trinajstić information content (AvgIpc) is 3.79. The van der Waals surface area contributed by atoms with E-state index in [9.17, 15) is 0 Å². The molecule has 2 aliphatic heterocycles. The lowest BCUT2D eigenvalue weighted by atomic mass is 9.75. The van der Waals surface area contributed by atoms with Crippen molar-refractivity contribution in [2.24, 2.45) is 0 Å². The van der Waals surface area contributed by atoms with Crippen LogP contribution in [0.4, 0.5) is 22.7 Å². The molecule has 0 N–H and O–H groups in total. The summed E-state index contributed by atoms with van der Waals surface area (Å²) in [5.74, 6) is 0. The Morgan fingerprint density at radius 3 is 2.04 bits per heavy atom. The summed E-state index contributed by atoms with van der Waals surface area (Å²) in [6.45, 7) is 5.80. The van der Waals surface area contributed by atoms with Crippen molar-refractivity contribution in [3.05, 3.63) is 184 Å². The van der Waals surface area contributed by atoms with Gasteiger partial charge in [-0.1, -0.05) is 128 Å². The predicted molar refractivity (Wildman–Crippen MR) is 225 cm³/mol. The number of allylic oxidation sites excluding steroid dienone is 4. The van der Waals surface area contributed by atoms with Gasteiger partial charge in [-0.05, 0) is 125 Å². The SMILES string of the molecule is CC(=CC1=C(C)c2ccc(C=Cc3ccc(N4c5ccccc5Cc5ccccc54)c4ccccc34)cc2C12CCCC2)N1CCCc2ccccc21. The van der Waals surface area contributed by atoms with Crippen LogP contribution >= 0.6 is 0 Å². The van der Waals surface area contributed by atoms with Gasteiger partial charge in [-0.2, -0.15) is 0 Å². The molecule has 260 valence electrons. The second-order valence-electron chi connectivity index (χ2n) is 15.6. The number of para-hydroxylation sites is 3. The van der Waals surface area contributed by atoms with Crippen LogP contribution in [0.5, 0.6) is 0 Å².